The zero-order valence-electron chi connectivity index (χ0n) is 10.4. The van der Waals surface area contributed by atoms with E-state index in [2.05, 4.69) is 13.8 Å². The quantitative estimate of drug-likeness (QED) is 0.872. The second-order valence-electron chi connectivity index (χ2n) is 4.58. The van der Waals surface area contributed by atoms with Gasteiger partial charge in [0, 0.05) is 16.6 Å². The summed E-state index contributed by atoms with van der Waals surface area (Å²) in [5.41, 5.74) is 8.16. The fraction of sp³-hybridized carbons (Fsp3) is 0.538. The molecule has 1 aromatic carbocycles. The molecule has 0 bridgehead atoms. The van der Waals surface area contributed by atoms with Gasteiger partial charge in [0.2, 0.25) is 0 Å². The Kier molecular flexibility index (Phi) is 4.63. The van der Waals surface area contributed by atoms with Crippen LogP contribution in [0.4, 0.5) is 0 Å². The lowest BCUT2D eigenvalue weighted by Gasteiger charge is -2.18. The maximum Gasteiger partial charge on any atom is 0.123 e. The molecular formula is C13H20ClNO. The molecule has 0 aliphatic carbocycles. The largest absolute Gasteiger partial charge is 0.496 e. The van der Waals surface area contributed by atoms with Crippen LogP contribution < -0.4 is 10.5 Å². The van der Waals surface area contributed by atoms with Crippen molar-refractivity contribution in [2.24, 2.45) is 11.7 Å². The van der Waals surface area contributed by atoms with Gasteiger partial charge >= 0.3 is 0 Å². The molecule has 0 saturated heterocycles. The number of methoxy groups -OCH3 is 1. The number of hydrogen-bond acceptors (Lipinski definition) is 2. The van der Waals surface area contributed by atoms with Gasteiger partial charge in [-0.3, -0.25) is 0 Å². The number of ether oxygens (including phenoxy) is 1. The van der Waals surface area contributed by atoms with Crippen LogP contribution in [0.3, 0.4) is 0 Å². The number of hydrogen-bond donors (Lipinski definition) is 1. The first-order valence-corrected chi connectivity index (χ1v) is 5.93. The van der Waals surface area contributed by atoms with Crippen molar-refractivity contribution in [3.63, 3.8) is 0 Å². The Bertz CT molecular complexity index is 363. The average Bonchev–Trinajstić information content (AvgIpc) is 2.20. The Morgan fingerprint density at radius 2 is 2.00 bits per heavy atom. The van der Waals surface area contributed by atoms with Crippen molar-refractivity contribution in [1.82, 2.24) is 0 Å². The summed E-state index contributed by atoms with van der Waals surface area (Å²) in [5, 5.41) is 0.745. The van der Waals surface area contributed by atoms with Crippen molar-refractivity contribution >= 4 is 11.6 Å². The van der Waals surface area contributed by atoms with Gasteiger partial charge in [-0.15, -0.1) is 0 Å². The molecule has 1 rings (SSSR count). The van der Waals surface area contributed by atoms with E-state index < -0.39 is 0 Å². The molecular weight excluding hydrogens is 222 g/mol. The summed E-state index contributed by atoms with van der Waals surface area (Å²) in [7, 11) is 1.66. The second kappa shape index (κ2) is 5.55. The molecule has 0 radical (unpaired) electrons. The van der Waals surface area contributed by atoms with Gasteiger partial charge in [-0.2, -0.15) is 0 Å². The fourth-order valence-corrected chi connectivity index (χ4v) is 1.94. The smallest absolute Gasteiger partial charge is 0.123 e. The number of aryl methyl sites for hydroxylation is 1. The Morgan fingerprint density at radius 3 is 2.50 bits per heavy atom. The fourth-order valence-electron chi connectivity index (χ4n) is 1.77. The third-order valence-electron chi connectivity index (χ3n) is 2.64. The van der Waals surface area contributed by atoms with E-state index in [4.69, 9.17) is 22.1 Å². The summed E-state index contributed by atoms with van der Waals surface area (Å²) in [6, 6.07) is 3.84. The maximum atomic E-state index is 6.15. The molecule has 0 heterocycles. The molecule has 3 heteroatoms. The zero-order chi connectivity index (χ0) is 12.3. The lowest BCUT2D eigenvalue weighted by molar-refractivity contribution is 0.399. The van der Waals surface area contributed by atoms with E-state index in [9.17, 15) is 0 Å². The van der Waals surface area contributed by atoms with Gasteiger partial charge in [-0.25, -0.2) is 0 Å². The molecule has 0 fully saturated rings. The van der Waals surface area contributed by atoms with Crippen molar-refractivity contribution in [2.45, 2.75) is 33.2 Å². The predicted molar refractivity (Wildman–Crippen MR) is 69.1 cm³/mol. The lowest BCUT2D eigenvalue weighted by Crippen LogP contribution is -2.14. The second-order valence-corrected chi connectivity index (χ2v) is 4.99. The van der Waals surface area contributed by atoms with Crippen molar-refractivity contribution in [3.8, 4) is 5.75 Å². The van der Waals surface area contributed by atoms with E-state index in [1.165, 1.54) is 0 Å². The molecule has 1 aromatic rings. The van der Waals surface area contributed by atoms with Gasteiger partial charge in [0.1, 0.15) is 5.75 Å². The van der Waals surface area contributed by atoms with Crippen LogP contribution in [-0.2, 0) is 0 Å². The van der Waals surface area contributed by atoms with E-state index in [0.29, 0.717) is 5.92 Å². The van der Waals surface area contributed by atoms with Crippen LogP contribution in [0, 0.1) is 12.8 Å². The Morgan fingerprint density at radius 1 is 1.38 bits per heavy atom. The number of halogens is 1. The summed E-state index contributed by atoms with van der Waals surface area (Å²) in [4.78, 5) is 0. The molecule has 0 saturated carbocycles. The Balaban J connectivity index is 3.06. The molecule has 0 aliphatic heterocycles. The van der Waals surface area contributed by atoms with E-state index in [1.807, 2.05) is 19.1 Å². The molecule has 1 unspecified atom stereocenters. The molecule has 0 amide bonds. The van der Waals surface area contributed by atoms with E-state index in [1.54, 1.807) is 7.11 Å². The first-order valence-electron chi connectivity index (χ1n) is 5.55. The van der Waals surface area contributed by atoms with Crippen molar-refractivity contribution in [1.29, 1.82) is 0 Å². The number of benzene rings is 1. The monoisotopic (exact) mass is 241 g/mol. The lowest BCUT2D eigenvalue weighted by atomic mass is 9.96. The molecule has 0 aliphatic rings. The summed E-state index contributed by atoms with van der Waals surface area (Å²) in [6.45, 7) is 6.27. The van der Waals surface area contributed by atoms with E-state index >= 15 is 0 Å². The zero-order valence-corrected chi connectivity index (χ0v) is 11.1. The summed E-state index contributed by atoms with van der Waals surface area (Å²) >= 11 is 6.11. The topological polar surface area (TPSA) is 35.2 Å². The minimum absolute atomic E-state index is 0.0203. The van der Waals surface area contributed by atoms with Crippen molar-refractivity contribution in [3.05, 3.63) is 28.3 Å². The minimum atomic E-state index is -0.0203. The van der Waals surface area contributed by atoms with E-state index in [-0.39, 0.29) is 6.04 Å². The number of nitrogens with two attached hydrogens (primary N) is 1. The van der Waals surface area contributed by atoms with Crippen LogP contribution in [0.25, 0.3) is 0 Å². The molecule has 16 heavy (non-hydrogen) atoms. The third-order valence-corrected chi connectivity index (χ3v) is 3.04. The first kappa shape index (κ1) is 13.3. The average molecular weight is 242 g/mol. The van der Waals surface area contributed by atoms with Crippen molar-refractivity contribution < 1.29 is 4.74 Å². The normalized spacial score (nSPS) is 12.9. The first-order chi connectivity index (χ1) is 7.45. The SMILES string of the molecule is COc1cc(C)c(Cl)cc1C(N)CC(C)C. The summed E-state index contributed by atoms with van der Waals surface area (Å²) in [5.74, 6) is 1.38. The minimum Gasteiger partial charge on any atom is -0.496 e. The van der Waals surface area contributed by atoms with Crippen LogP contribution >= 0.6 is 11.6 Å². The molecule has 1 atom stereocenters. The molecule has 0 spiro atoms. The van der Waals surface area contributed by atoms with Gasteiger partial charge < -0.3 is 10.5 Å². The molecule has 2 nitrogen and oxygen atoms in total. The number of rotatable bonds is 4. The van der Waals surface area contributed by atoms with Gasteiger partial charge in [0.25, 0.3) is 0 Å². The van der Waals surface area contributed by atoms with Crippen LogP contribution in [0.15, 0.2) is 12.1 Å². The van der Waals surface area contributed by atoms with Gasteiger partial charge in [-0.05, 0) is 37.0 Å². The molecule has 0 aromatic heterocycles. The molecule has 2 N–H and O–H groups in total. The third kappa shape index (κ3) is 3.13. The van der Waals surface area contributed by atoms with Gasteiger partial charge in [0.15, 0.2) is 0 Å². The van der Waals surface area contributed by atoms with E-state index in [0.717, 1.165) is 28.3 Å². The van der Waals surface area contributed by atoms with Crippen LogP contribution in [-0.4, -0.2) is 7.11 Å². The summed E-state index contributed by atoms with van der Waals surface area (Å²) in [6.07, 6.45) is 0.926. The molecule has 90 valence electrons. The highest BCUT2D eigenvalue weighted by Gasteiger charge is 2.15. The van der Waals surface area contributed by atoms with Crippen LogP contribution in [0.2, 0.25) is 5.02 Å². The predicted octanol–water partition coefficient (Wildman–Crippen LogP) is 3.70. The van der Waals surface area contributed by atoms with Crippen molar-refractivity contribution in [2.75, 3.05) is 7.11 Å². The van der Waals surface area contributed by atoms with Crippen LogP contribution in [0.1, 0.15) is 37.4 Å². The highest BCUT2D eigenvalue weighted by Crippen LogP contribution is 2.32. The maximum absolute atomic E-state index is 6.15. The van der Waals surface area contributed by atoms with Gasteiger partial charge in [0.05, 0.1) is 7.11 Å². The Hall–Kier alpha value is -0.730. The van der Waals surface area contributed by atoms with Crippen LogP contribution in [0.5, 0.6) is 5.75 Å². The highest BCUT2D eigenvalue weighted by atomic mass is 35.5. The standard InChI is InChI=1S/C13H20ClNO/c1-8(2)5-12(15)10-7-11(14)9(3)6-13(10)16-4/h6-8,12H,5,15H2,1-4H3. The Labute approximate surface area is 103 Å². The van der Waals surface area contributed by atoms with Gasteiger partial charge in [-0.1, -0.05) is 25.4 Å². The highest BCUT2D eigenvalue weighted by molar-refractivity contribution is 6.31. The summed E-state index contributed by atoms with van der Waals surface area (Å²) < 4.78 is 5.35.